The molecule has 0 bridgehead atoms. The van der Waals surface area contributed by atoms with Crippen LogP contribution in [0.5, 0.6) is 0 Å². The maximum atomic E-state index is 12.9. The van der Waals surface area contributed by atoms with Gasteiger partial charge in [0.1, 0.15) is 5.01 Å². The van der Waals surface area contributed by atoms with E-state index in [0.29, 0.717) is 6.54 Å². The first-order valence-corrected chi connectivity index (χ1v) is 11.0. The molecule has 1 fully saturated rings. The van der Waals surface area contributed by atoms with Crippen LogP contribution in [0.15, 0.2) is 43.0 Å². The number of allylic oxidation sites excluding steroid dienone is 1. The summed E-state index contributed by atoms with van der Waals surface area (Å²) in [5.41, 5.74) is 4.10. The van der Waals surface area contributed by atoms with E-state index in [2.05, 4.69) is 39.1 Å². The predicted molar refractivity (Wildman–Crippen MR) is 120 cm³/mol. The second-order valence-electron chi connectivity index (χ2n) is 7.73. The van der Waals surface area contributed by atoms with Crippen LogP contribution in [-0.2, 0) is 13.1 Å². The number of aryl methyl sites for hydroxylation is 1. The highest BCUT2D eigenvalue weighted by molar-refractivity contribution is 7.18. The largest absolute Gasteiger partial charge is 0.345 e. The highest BCUT2D eigenvalue weighted by Crippen LogP contribution is 2.23. The third-order valence-corrected chi connectivity index (χ3v) is 6.74. The van der Waals surface area contributed by atoms with Gasteiger partial charge in [0, 0.05) is 49.7 Å². The van der Waals surface area contributed by atoms with Crippen molar-refractivity contribution in [3.63, 3.8) is 0 Å². The topological polar surface area (TPSA) is 41.4 Å². The minimum Gasteiger partial charge on any atom is -0.345 e. The van der Waals surface area contributed by atoms with Gasteiger partial charge >= 0.3 is 0 Å². The molecule has 0 atom stereocenters. The van der Waals surface area contributed by atoms with Gasteiger partial charge in [-0.25, -0.2) is 4.98 Å². The van der Waals surface area contributed by atoms with Crippen molar-refractivity contribution >= 4 is 27.3 Å². The van der Waals surface area contributed by atoms with Crippen LogP contribution < -0.4 is 0 Å². The van der Waals surface area contributed by atoms with E-state index in [0.717, 1.165) is 61.7 Å². The van der Waals surface area contributed by atoms with E-state index in [1.165, 1.54) is 9.71 Å². The van der Waals surface area contributed by atoms with Crippen molar-refractivity contribution in [2.45, 2.75) is 26.9 Å². The van der Waals surface area contributed by atoms with Gasteiger partial charge < -0.3 is 4.57 Å². The van der Waals surface area contributed by atoms with E-state index < -0.39 is 0 Å². The monoisotopic (exact) mass is 408 g/mol. The lowest BCUT2D eigenvalue weighted by atomic mass is 10.1. The molecule has 0 radical (unpaired) electrons. The summed E-state index contributed by atoms with van der Waals surface area (Å²) in [6, 6.07) is 10.3. The van der Waals surface area contributed by atoms with E-state index in [1.807, 2.05) is 32.1 Å². The van der Waals surface area contributed by atoms with E-state index in [9.17, 15) is 4.79 Å². The molecule has 1 saturated heterocycles. The first-order valence-electron chi connectivity index (χ1n) is 10.1. The standard InChI is InChI=1S/C23H28N4OS/c1-4-9-27-17(2)14-19(18(27)3)21(28)15-25-10-12-26(13-11-25)16-23-24-20-7-5-6-8-22(20)29-23/h4-8,14H,1,9-13,15-16H2,2-3H3. The predicted octanol–water partition coefficient (Wildman–Crippen LogP) is 3.90. The summed E-state index contributed by atoms with van der Waals surface area (Å²) in [4.78, 5) is 22.3. The SMILES string of the molecule is C=CCn1c(C)cc(C(=O)CN2CCN(Cc3nc4ccccc4s3)CC2)c1C. The Hall–Kier alpha value is -2.28. The molecular weight excluding hydrogens is 380 g/mol. The fraction of sp³-hybridized carbons (Fsp3) is 0.391. The molecule has 0 N–H and O–H groups in total. The third kappa shape index (κ3) is 4.34. The second-order valence-corrected chi connectivity index (χ2v) is 8.85. The number of hydrogen-bond donors (Lipinski definition) is 0. The molecule has 1 aromatic carbocycles. The van der Waals surface area contributed by atoms with Crippen LogP contribution >= 0.6 is 11.3 Å². The van der Waals surface area contributed by atoms with Gasteiger partial charge in [0.15, 0.2) is 5.78 Å². The molecule has 3 aromatic rings. The number of thiazole rings is 1. The van der Waals surface area contributed by atoms with Crippen molar-refractivity contribution in [3.05, 3.63) is 64.9 Å². The molecule has 5 nitrogen and oxygen atoms in total. The summed E-state index contributed by atoms with van der Waals surface area (Å²) >= 11 is 1.78. The minimum absolute atomic E-state index is 0.216. The van der Waals surface area contributed by atoms with Gasteiger partial charge in [0.25, 0.3) is 0 Å². The summed E-state index contributed by atoms with van der Waals surface area (Å²) in [6.07, 6.45) is 1.87. The van der Waals surface area contributed by atoms with Crippen LogP contribution in [-0.4, -0.2) is 57.9 Å². The summed E-state index contributed by atoms with van der Waals surface area (Å²) < 4.78 is 3.40. The summed E-state index contributed by atoms with van der Waals surface area (Å²) in [6.45, 7) is 13.8. The van der Waals surface area contributed by atoms with Gasteiger partial charge in [-0.1, -0.05) is 18.2 Å². The molecule has 0 unspecified atom stereocenters. The number of aromatic nitrogens is 2. The van der Waals surface area contributed by atoms with Crippen molar-refractivity contribution in [3.8, 4) is 0 Å². The Morgan fingerprint density at radius 1 is 1.17 bits per heavy atom. The van der Waals surface area contributed by atoms with Gasteiger partial charge in [0.2, 0.25) is 0 Å². The highest BCUT2D eigenvalue weighted by atomic mass is 32.1. The van der Waals surface area contributed by atoms with E-state index in [4.69, 9.17) is 4.98 Å². The first kappa shape index (κ1) is 20.0. The molecule has 152 valence electrons. The van der Waals surface area contributed by atoms with E-state index in [-0.39, 0.29) is 5.78 Å². The summed E-state index contributed by atoms with van der Waals surface area (Å²) in [5.74, 6) is 0.216. The lowest BCUT2D eigenvalue weighted by molar-refractivity contribution is 0.0843. The smallest absolute Gasteiger partial charge is 0.178 e. The average Bonchev–Trinajstić information content (AvgIpc) is 3.25. The molecule has 2 aromatic heterocycles. The van der Waals surface area contributed by atoms with Gasteiger partial charge in [-0.2, -0.15) is 0 Å². The van der Waals surface area contributed by atoms with Crippen molar-refractivity contribution in [2.24, 2.45) is 0 Å². The maximum absolute atomic E-state index is 12.9. The van der Waals surface area contributed by atoms with E-state index in [1.54, 1.807) is 11.3 Å². The molecule has 0 saturated carbocycles. The van der Waals surface area contributed by atoms with Crippen LogP contribution in [0.3, 0.4) is 0 Å². The number of benzene rings is 1. The normalized spacial score (nSPS) is 15.8. The molecular formula is C23H28N4OS. The lowest BCUT2D eigenvalue weighted by Gasteiger charge is -2.33. The molecule has 1 aliphatic rings. The van der Waals surface area contributed by atoms with Gasteiger partial charge in [-0.15, -0.1) is 17.9 Å². The molecule has 0 spiro atoms. The number of ketones is 1. The zero-order chi connectivity index (χ0) is 20.4. The van der Waals surface area contributed by atoms with Crippen LogP contribution in [0.2, 0.25) is 0 Å². The molecule has 3 heterocycles. The van der Waals surface area contributed by atoms with Crippen LogP contribution in [0.4, 0.5) is 0 Å². The van der Waals surface area contributed by atoms with Crippen molar-refractivity contribution in [1.29, 1.82) is 0 Å². The van der Waals surface area contributed by atoms with Gasteiger partial charge in [-0.05, 0) is 32.0 Å². The maximum Gasteiger partial charge on any atom is 0.178 e. The molecule has 1 aliphatic heterocycles. The van der Waals surface area contributed by atoms with Crippen LogP contribution in [0.1, 0.15) is 26.8 Å². The molecule has 0 amide bonds. The summed E-state index contributed by atoms with van der Waals surface area (Å²) in [5, 5.41) is 1.17. The Morgan fingerprint density at radius 2 is 1.90 bits per heavy atom. The Kier molecular flexibility index (Phi) is 5.94. The number of carbonyl (C=O) groups is 1. The van der Waals surface area contributed by atoms with Crippen molar-refractivity contribution in [1.82, 2.24) is 19.4 Å². The fourth-order valence-electron chi connectivity index (χ4n) is 4.07. The van der Waals surface area contributed by atoms with Gasteiger partial charge in [0.05, 0.1) is 23.3 Å². The first-order chi connectivity index (χ1) is 14.0. The lowest BCUT2D eigenvalue weighted by Crippen LogP contribution is -2.47. The van der Waals surface area contributed by atoms with E-state index >= 15 is 0 Å². The zero-order valence-corrected chi connectivity index (χ0v) is 18.0. The quantitative estimate of drug-likeness (QED) is 0.439. The number of carbonyl (C=O) groups excluding carboxylic acids is 1. The molecule has 4 rings (SSSR count). The number of fused-ring (bicyclic) bond motifs is 1. The molecule has 29 heavy (non-hydrogen) atoms. The number of piperazine rings is 1. The summed E-state index contributed by atoms with van der Waals surface area (Å²) in [7, 11) is 0. The van der Waals surface area contributed by atoms with Crippen molar-refractivity contribution < 1.29 is 4.79 Å². The zero-order valence-electron chi connectivity index (χ0n) is 17.2. The minimum atomic E-state index is 0.216. The Bertz CT molecular complexity index is 994. The number of rotatable bonds is 7. The van der Waals surface area contributed by atoms with Gasteiger partial charge in [-0.3, -0.25) is 14.6 Å². The fourth-order valence-corrected chi connectivity index (χ4v) is 5.08. The number of nitrogens with zero attached hydrogens (tertiary/aromatic N) is 4. The highest BCUT2D eigenvalue weighted by Gasteiger charge is 2.22. The van der Waals surface area contributed by atoms with Crippen molar-refractivity contribution in [2.75, 3.05) is 32.7 Å². The van der Waals surface area contributed by atoms with Crippen LogP contribution in [0, 0.1) is 13.8 Å². The van der Waals surface area contributed by atoms with Crippen LogP contribution in [0.25, 0.3) is 10.2 Å². The average molecular weight is 409 g/mol. The Labute approximate surface area is 176 Å². The number of hydrogen-bond acceptors (Lipinski definition) is 5. The molecule has 6 heteroatoms. The number of para-hydroxylation sites is 1. The second kappa shape index (κ2) is 8.61. The Morgan fingerprint density at radius 3 is 2.62 bits per heavy atom. The third-order valence-electron chi connectivity index (χ3n) is 5.71. The number of Topliss-reactive ketones (excluding diaryl/α,β-unsaturated/α-hetero) is 1. The molecule has 0 aliphatic carbocycles. The Balaban J connectivity index is 1.32.